The summed E-state index contributed by atoms with van der Waals surface area (Å²) in [6.45, 7) is 0.157. The Bertz CT molecular complexity index is 1510. The van der Waals surface area contributed by atoms with Gasteiger partial charge in [-0.05, 0) is 65.2 Å². The number of nitrogens with one attached hydrogen (secondary N) is 1. The van der Waals surface area contributed by atoms with Crippen LogP contribution in [0, 0.1) is 0 Å². The van der Waals surface area contributed by atoms with E-state index in [0.717, 1.165) is 16.8 Å². The van der Waals surface area contributed by atoms with Crippen LogP contribution in [-0.2, 0) is 22.6 Å². The first-order chi connectivity index (χ1) is 21.3. The van der Waals surface area contributed by atoms with Gasteiger partial charge in [0.2, 0.25) is 11.7 Å². The van der Waals surface area contributed by atoms with Crippen LogP contribution >= 0.6 is 0 Å². The lowest BCUT2D eigenvalue weighted by molar-refractivity contribution is -0.139. The molecule has 1 unspecified atom stereocenters. The maximum Gasteiger partial charge on any atom is 0.251 e. The number of nitrogens with zero attached hydrogens (tertiary/aromatic N) is 2. The minimum atomic E-state index is -1.06. The minimum Gasteiger partial charge on any atom is -0.497 e. The van der Waals surface area contributed by atoms with Crippen LogP contribution in [0.2, 0.25) is 0 Å². The van der Waals surface area contributed by atoms with Gasteiger partial charge in [-0.25, -0.2) is 0 Å². The molecule has 0 fully saturated rings. The van der Waals surface area contributed by atoms with Crippen LogP contribution in [0.25, 0.3) is 0 Å². The van der Waals surface area contributed by atoms with E-state index in [-0.39, 0.29) is 18.9 Å². The van der Waals surface area contributed by atoms with E-state index >= 15 is 0 Å². The molecule has 0 saturated heterocycles. The number of rotatable bonds is 13. The lowest BCUT2D eigenvalue weighted by Crippen LogP contribution is -2.41. The Morgan fingerprint density at radius 3 is 1.86 bits per heavy atom. The van der Waals surface area contributed by atoms with Crippen LogP contribution in [0.5, 0.6) is 23.0 Å². The van der Waals surface area contributed by atoms with E-state index in [1.165, 1.54) is 21.3 Å². The fraction of sp³-hybridized carbons (Fsp3) is 0.257. The van der Waals surface area contributed by atoms with Crippen molar-refractivity contribution in [1.29, 1.82) is 0 Å². The molecule has 4 aromatic rings. The molecule has 0 heterocycles. The fourth-order valence-corrected chi connectivity index (χ4v) is 4.91. The molecule has 0 saturated carbocycles. The normalized spacial score (nSPS) is 11.2. The van der Waals surface area contributed by atoms with Gasteiger partial charge in [0.15, 0.2) is 11.5 Å². The second kappa shape index (κ2) is 14.8. The average Bonchev–Trinajstić information content (AvgIpc) is 3.04. The zero-order chi connectivity index (χ0) is 31.6. The Morgan fingerprint density at radius 2 is 1.34 bits per heavy atom. The summed E-state index contributed by atoms with van der Waals surface area (Å²) in [6, 6.07) is 26.7. The SMILES string of the molecule is COc1ccc(CN(C(=O)Cc2ccccc2)C(C(=O)Nc2ccc(N(C)C)cc2)c2cc(OC)c(OC)c(OC)c2)cc1. The number of amides is 2. The molecule has 44 heavy (non-hydrogen) atoms. The quantitative estimate of drug-likeness (QED) is 0.210. The lowest BCUT2D eigenvalue weighted by Gasteiger charge is -2.32. The van der Waals surface area contributed by atoms with E-state index in [0.29, 0.717) is 34.2 Å². The fourth-order valence-electron chi connectivity index (χ4n) is 4.91. The van der Waals surface area contributed by atoms with Crippen molar-refractivity contribution in [2.45, 2.75) is 19.0 Å². The summed E-state index contributed by atoms with van der Waals surface area (Å²) >= 11 is 0. The molecule has 1 N–H and O–H groups in total. The molecule has 230 valence electrons. The zero-order valence-electron chi connectivity index (χ0n) is 26.0. The first-order valence-corrected chi connectivity index (χ1v) is 14.1. The van der Waals surface area contributed by atoms with Crippen molar-refractivity contribution in [1.82, 2.24) is 4.90 Å². The Kier molecular flexibility index (Phi) is 10.7. The molecule has 4 rings (SSSR count). The highest BCUT2D eigenvalue weighted by Crippen LogP contribution is 2.41. The first-order valence-electron chi connectivity index (χ1n) is 14.1. The van der Waals surface area contributed by atoms with Gasteiger partial charge in [0.25, 0.3) is 5.91 Å². The largest absolute Gasteiger partial charge is 0.497 e. The van der Waals surface area contributed by atoms with Crippen LogP contribution in [0.3, 0.4) is 0 Å². The molecule has 0 aliphatic rings. The second-order valence-electron chi connectivity index (χ2n) is 10.3. The molecule has 0 spiro atoms. The Balaban J connectivity index is 1.84. The van der Waals surface area contributed by atoms with Gasteiger partial charge in [-0.2, -0.15) is 0 Å². The number of ether oxygens (including phenoxy) is 4. The third kappa shape index (κ3) is 7.60. The highest BCUT2D eigenvalue weighted by Gasteiger charge is 2.33. The van der Waals surface area contributed by atoms with Crippen molar-refractivity contribution in [2.75, 3.05) is 52.8 Å². The molecule has 0 radical (unpaired) electrons. The highest BCUT2D eigenvalue weighted by molar-refractivity contribution is 5.98. The van der Waals surface area contributed by atoms with Crippen molar-refractivity contribution in [2.24, 2.45) is 0 Å². The number of methoxy groups -OCH3 is 4. The van der Waals surface area contributed by atoms with Gasteiger partial charge in [0.05, 0.1) is 34.9 Å². The molecule has 0 aliphatic carbocycles. The summed E-state index contributed by atoms with van der Waals surface area (Å²) in [5.41, 5.74) is 3.74. The Morgan fingerprint density at radius 1 is 0.727 bits per heavy atom. The smallest absolute Gasteiger partial charge is 0.251 e. The topological polar surface area (TPSA) is 89.6 Å². The number of hydrogen-bond acceptors (Lipinski definition) is 7. The van der Waals surface area contributed by atoms with Crippen molar-refractivity contribution in [3.8, 4) is 23.0 Å². The summed E-state index contributed by atoms with van der Waals surface area (Å²) in [7, 11) is 10.0. The molecule has 1 atom stereocenters. The van der Waals surface area contributed by atoms with Gasteiger partial charge in [0, 0.05) is 32.0 Å². The van der Waals surface area contributed by atoms with E-state index in [1.54, 1.807) is 24.1 Å². The minimum absolute atomic E-state index is 0.0999. The molecular weight excluding hydrogens is 558 g/mol. The number of carbonyl (C=O) groups excluding carboxylic acids is 2. The third-order valence-electron chi connectivity index (χ3n) is 7.24. The van der Waals surface area contributed by atoms with Gasteiger partial charge in [-0.3, -0.25) is 9.59 Å². The standard InChI is InChI=1S/C35H39N3O6/c1-37(2)28-16-14-27(15-17-28)36-35(40)33(26-21-30(42-4)34(44-6)31(22-26)43-5)38(23-25-12-18-29(41-3)19-13-25)32(39)20-24-10-8-7-9-11-24/h7-19,21-22,33H,20,23H2,1-6H3,(H,36,40). The maximum absolute atomic E-state index is 14.3. The Labute approximate surface area is 258 Å². The van der Waals surface area contributed by atoms with Gasteiger partial charge in [-0.1, -0.05) is 42.5 Å². The van der Waals surface area contributed by atoms with E-state index in [2.05, 4.69) is 5.32 Å². The van der Waals surface area contributed by atoms with Crippen molar-refractivity contribution >= 4 is 23.2 Å². The van der Waals surface area contributed by atoms with Gasteiger partial charge >= 0.3 is 0 Å². The highest BCUT2D eigenvalue weighted by atomic mass is 16.5. The number of anilines is 2. The van der Waals surface area contributed by atoms with Crippen LogP contribution in [0.1, 0.15) is 22.7 Å². The molecule has 9 nitrogen and oxygen atoms in total. The molecule has 0 bridgehead atoms. The van der Waals surface area contributed by atoms with Gasteiger partial charge in [-0.15, -0.1) is 0 Å². The van der Waals surface area contributed by atoms with E-state index < -0.39 is 11.9 Å². The van der Waals surface area contributed by atoms with E-state index in [1.807, 2.05) is 97.9 Å². The predicted molar refractivity (Wildman–Crippen MR) is 172 cm³/mol. The lowest BCUT2D eigenvalue weighted by atomic mass is 10.00. The predicted octanol–water partition coefficient (Wildman–Crippen LogP) is 5.74. The summed E-state index contributed by atoms with van der Waals surface area (Å²) in [5.74, 6) is 1.19. The van der Waals surface area contributed by atoms with Crippen molar-refractivity contribution in [3.63, 3.8) is 0 Å². The van der Waals surface area contributed by atoms with Gasteiger partial charge in [0.1, 0.15) is 11.8 Å². The molecule has 9 heteroatoms. The number of carbonyl (C=O) groups is 2. The first kappa shape index (κ1) is 31.7. The zero-order valence-corrected chi connectivity index (χ0v) is 26.0. The molecule has 0 aromatic heterocycles. The van der Waals surface area contributed by atoms with Crippen LogP contribution < -0.4 is 29.2 Å². The van der Waals surface area contributed by atoms with Gasteiger partial charge < -0.3 is 34.1 Å². The molecule has 2 amide bonds. The molecular formula is C35H39N3O6. The summed E-state index contributed by atoms with van der Waals surface area (Å²) in [4.78, 5) is 32.1. The monoisotopic (exact) mass is 597 g/mol. The summed E-state index contributed by atoms with van der Waals surface area (Å²) < 4.78 is 22.1. The third-order valence-corrected chi connectivity index (χ3v) is 7.24. The van der Waals surface area contributed by atoms with Crippen molar-refractivity contribution < 1.29 is 28.5 Å². The maximum atomic E-state index is 14.3. The summed E-state index contributed by atoms with van der Waals surface area (Å²) in [6.07, 6.45) is 0.0999. The summed E-state index contributed by atoms with van der Waals surface area (Å²) in [5, 5.41) is 3.03. The number of hydrogen-bond donors (Lipinski definition) is 1. The van der Waals surface area contributed by atoms with Crippen molar-refractivity contribution in [3.05, 3.63) is 108 Å². The number of benzene rings is 4. The molecule has 0 aliphatic heterocycles. The van der Waals surface area contributed by atoms with Crippen LogP contribution in [0.15, 0.2) is 91.0 Å². The van der Waals surface area contributed by atoms with Crippen LogP contribution in [-0.4, -0.2) is 59.2 Å². The Hall–Kier alpha value is -5.18. The van der Waals surface area contributed by atoms with E-state index in [4.69, 9.17) is 18.9 Å². The molecule has 4 aromatic carbocycles. The van der Waals surface area contributed by atoms with E-state index in [9.17, 15) is 9.59 Å². The average molecular weight is 598 g/mol. The second-order valence-corrected chi connectivity index (χ2v) is 10.3. The van der Waals surface area contributed by atoms with Crippen LogP contribution in [0.4, 0.5) is 11.4 Å².